The highest BCUT2D eigenvalue weighted by Gasteiger charge is 2.29. The van der Waals surface area contributed by atoms with Gasteiger partial charge in [0.15, 0.2) is 9.84 Å². The van der Waals surface area contributed by atoms with Gasteiger partial charge >= 0.3 is 0 Å². The number of hydrogen-bond donors (Lipinski definition) is 1. The highest BCUT2D eigenvalue weighted by atomic mass is 32.2. The van der Waals surface area contributed by atoms with E-state index in [9.17, 15) is 18.0 Å². The smallest absolute Gasteiger partial charge is 0.223 e. The van der Waals surface area contributed by atoms with Gasteiger partial charge in [-0.25, -0.2) is 8.42 Å². The van der Waals surface area contributed by atoms with E-state index >= 15 is 0 Å². The minimum absolute atomic E-state index is 0.0133. The maximum Gasteiger partial charge on any atom is 0.223 e. The molecular formula is C22H26N2O4S. The number of nitrogens with one attached hydrogen (secondary N) is 1. The predicted octanol–water partition coefficient (Wildman–Crippen LogP) is 2.50. The van der Waals surface area contributed by atoms with E-state index in [2.05, 4.69) is 5.32 Å². The van der Waals surface area contributed by atoms with Crippen molar-refractivity contribution in [3.63, 3.8) is 0 Å². The lowest BCUT2D eigenvalue weighted by molar-refractivity contribution is -0.133. The summed E-state index contributed by atoms with van der Waals surface area (Å²) in [5, 5.41) is 2.84. The van der Waals surface area contributed by atoms with Crippen LogP contribution < -0.4 is 5.32 Å². The first kappa shape index (κ1) is 21.0. The van der Waals surface area contributed by atoms with Crippen molar-refractivity contribution in [1.82, 2.24) is 10.2 Å². The molecule has 7 heteroatoms. The summed E-state index contributed by atoms with van der Waals surface area (Å²) in [4.78, 5) is 27.1. The van der Waals surface area contributed by atoms with Gasteiger partial charge in [-0.15, -0.1) is 0 Å². The Hall–Kier alpha value is -2.67. The van der Waals surface area contributed by atoms with Crippen LogP contribution in [0.5, 0.6) is 0 Å². The number of aryl methyl sites for hydroxylation is 1. The maximum atomic E-state index is 13.0. The lowest BCUT2D eigenvalue weighted by atomic mass is 10.0. The van der Waals surface area contributed by atoms with Crippen molar-refractivity contribution in [3.8, 4) is 0 Å². The molecule has 1 atom stereocenters. The van der Waals surface area contributed by atoms with E-state index in [0.717, 1.165) is 11.1 Å². The van der Waals surface area contributed by atoms with E-state index in [0.29, 0.717) is 30.8 Å². The number of carbonyl (C=O) groups is 2. The summed E-state index contributed by atoms with van der Waals surface area (Å²) in [5.41, 5.74) is 1.86. The number of rotatable bonds is 6. The number of amides is 2. The van der Waals surface area contributed by atoms with E-state index in [1.54, 1.807) is 36.1 Å². The fourth-order valence-corrected chi connectivity index (χ4v) is 4.41. The van der Waals surface area contributed by atoms with Crippen LogP contribution in [-0.4, -0.2) is 44.0 Å². The van der Waals surface area contributed by atoms with Crippen molar-refractivity contribution >= 4 is 21.7 Å². The fraction of sp³-hybridized carbons (Fsp3) is 0.364. The van der Waals surface area contributed by atoms with E-state index in [4.69, 9.17) is 0 Å². The molecule has 2 aromatic rings. The highest BCUT2D eigenvalue weighted by molar-refractivity contribution is 7.91. The summed E-state index contributed by atoms with van der Waals surface area (Å²) in [6.45, 7) is 2.53. The molecular weight excluding hydrogens is 388 g/mol. The summed E-state index contributed by atoms with van der Waals surface area (Å²) in [7, 11) is -3.22. The molecule has 0 bridgehead atoms. The van der Waals surface area contributed by atoms with Crippen LogP contribution in [0.3, 0.4) is 0 Å². The third-order valence-electron chi connectivity index (χ3n) is 5.22. The molecule has 1 aliphatic heterocycles. The third kappa shape index (κ3) is 5.23. The first-order chi connectivity index (χ1) is 13.9. The minimum atomic E-state index is -3.22. The third-order valence-corrected chi connectivity index (χ3v) is 6.98. The van der Waals surface area contributed by atoms with Crippen LogP contribution in [0.15, 0.2) is 59.5 Å². The molecule has 1 fully saturated rings. The summed E-state index contributed by atoms with van der Waals surface area (Å²) in [5.74, 6) is -0.00422. The molecule has 2 aromatic carbocycles. The molecule has 2 amide bonds. The van der Waals surface area contributed by atoms with Gasteiger partial charge in [-0.05, 0) is 29.7 Å². The van der Waals surface area contributed by atoms with E-state index in [-0.39, 0.29) is 30.0 Å². The maximum absolute atomic E-state index is 13.0. The van der Waals surface area contributed by atoms with Crippen LogP contribution >= 0.6 is 0 Å². The summed E-state index contributed by atoms with van der Waals surface area (Å²) in [6, 6.07) is 16.1. The fourth-order valence-electron chi connectivity index (χ4n) is 3.53. The average molecular weight is 415 g/mol. The van der Waals surface area contributed by atoms with E-state index < -0.39 is 9.84 Å². The second-order valence-corrected chi connectivity index (χ2v) is 9.39. The van der Waals surface area contributed by atoms with Crippen molar-refractivity contribution in [2.75, 3.05) is 18.8 Å². The van der Waals surface area contributed by atoms with Crippen LogP contribution in [0.2, 0.25) is 0 Å². The van der Waals surface area contributed by atoms with Gasteiger partial charge in [-0.2, -0.15) is 0 Å². The van der Waals surface area contributed by atoms with Gasteiger partial charge < -0.3 is 10.2 Å². The molecule has 0 saturated carbocycles. The molecule has 1 saturated heterocycles. The zero-order valence-corrected chi connectivity index (χ0v) is 17.3. The second-order valence-electron chi connectivity index (χ2n) is 7.12. The van der Waals surface area contributed by atoms with Crippen LogP contribution in [0.4, 0.5) is 0 Å². The predicted molar refractivity (Wildman–Crippen MR) is 111 cm³/mol. The standard InChI is InChI=1S/C22H26N2O4S/c1-2-29(27,28)19-11-8-17(9-12-19)10-13-22(26)24-15-14-23-21(25)16-20(24)18-6-4-3-5-7-18/h3-9,11-12,20H,2,10,13-16H2,1H3,(H,23,25). The van der Waals surface area contributed by atoms with Gasteiger partial charge in [0.05, 0.1) is 23.1 Å². The van der Waals surface area contributed by atoms with Gasteiger partial charge in [0.25, 0.3) is 0 Å². The van der Waals surface area contributed by atoms with Gasteiger partial charge in [-0.1, -0.05) is 49.4 Å². The Balaban J connectivity index is 1.70. The zero-order chi connectivity index (χ0) is 20.9. The Bertz CT molecular complexity index is 956. The van der Waals surface area contributed by atoms with Crippen molar-refractivity contribution in [1.29, 1.82) is 0 Å². The molecule has 1 unspecified atom stereocenters. The van der Waals surface area contributed by atoms with Gasteiger partial charge in [0, 0.05) is 19.5 Å². The highest BCUT2D eigenvalue weighted by Crippen LogP contribution is 2.26. The normalized spacial score (nSPS) is 17.5. The van der Waals surface area contributed by atoms with Gasteiger partial charge in [0.2, 0.25) is 11.8 Å². The van der Waals surface area contributed by atoms with Crippen molar-refractivity contribution < 1.29 is 18.0 Å². The number of benzene rings is 2. The number of sulfone groups is 1. The summed E-state index contributed by atoms with van der Waals surface area (Å²) < 4.78 is 23.8. The van der Waals surface area contributed by atoms with E-state index in [1.807, 2.05) is 30.3 Å². The first-order valence-electron chi connectivity index (χ1n) is 9.83. The Morgan fingerprint density at radius 3 is 2.45 bits per heavy atom. The molecule has 1 heterocycles. The molecule has 1 aliphatic rings. The Labute approximate surface area is 171 Å². The number of nitrogens with zero attached hydrogens (tertiary/aromatic N) is 1. The van der Waals surface area contributed by atoms with E-state index in [1.165, 1.54) is 0 Å². The van der Waals surface area contributed by atoms with Crippen molar-refractivity contribution in [2.24, 2.45) is 0 Å². The number of hydrogen-bond acceptors (Lipinski definition) is 4. The minimum Gasteiger partial charge on any atom is -0.354 e. The monoisotopic (exact) mass is 414 g/mol. The lowest BCUT2D eigenvalue weighted by Crippen LogP contribution is -2.36. The van der Waals surface area contributed by atoms with Crippen molar-refractivity contribution in [3.05, 3.63) is 65.7 Å². The van der Waals surface area contributed by atoms with Crippen LogP contribution in [0.1, 0.15) is 36.9 Å². The lowest BCUT2D eigenvalue weighted by Gasteiger charge is -2.29. The largest absolute Gasteiger partial charge is 0.354 e. The molecule has 6 nitrogen and oxygen atoms in total. The molecule has 0 aromatic heterocycles. The molecule has 3 rings (SSSR count). The van der Waals surface area contributed by atoms with Gasteiger partial charge in [-0.3, -0.25) is 9.59 Å². The zero-order valence-electron chi connectivity index (χ0n) is 16.5. The molecule has 0 aliphatic carbocycles. The first-order valence-corrected chi connectivity index (χ1v) is 11.5. The van der Waals surface area contributed by atoms with Crippen LogP contribution in [0, 0.1) is 0 Å². The summed E-state index contributed by atoms with van der Waals surface area (Å²) >= 11 is 0. The second kappa shape index (κ2) is 9.22. The molecule has 154 valence electrons. The van der Waals surface area contributed by atoms with Crippen molar-refractivity contribution in [2.45, 2.75) is 37.1 Å². The molecule has 29 heavy (non-hydrogen) atoms. The van der Waals surface area contributed by atoms with Crippen LogP contribution in [0.25, 0.3) is 0 Å². The average Bonchev–Trinajstić information content (AvgIpc) is 2.94. The Morgan fingerprint density at radius 2 is 1.79 bits per heavy atom. The SMILES string of the molecule is CCS(=O)(=O)c1ccc(CCC(=O)N2CCNC(=O)CC2c2ccccc2)cc1. The Kier molecular flexibility index (Phi) is 6.69. The summed E-state index contributed by atoms with van der Waals surface area (Å²) in [6.07, 6.45) is 1.07. The molecule has 1 N–H and O–H groups in total. The quantitative estimate of drug-likeness (QED) is 0.787. The van der Waals surface area contributed by atoms with Gasteiger partial charge in [0.1, 0.15) is 0 Å². The Morgan fingerprint density at radius 1 is 1.10 bits per heavy atom. The topological polar surface area (TPSA) is 83.6 Å². The number of carbonyl (C=O) groups excluding carboxylic acids is 2. The van der Waals surface area contributed by atoms with Crippen LogP contribution in [-0.2, 0) is 25.8 Å². The molecule has 0 spiro atoms. The molecule has 0 radical (unpaired) electrons.